The fourth-order valence-electron chi connectivity index (χ4n) is 2.51. The van der Waals surface area contributed by atoms with Crippen molar-refractivity contribution in [1.82, 2.24) is 4.57 Å². The first-order valence-electron chi connectivity index (χ1n) is 7.31. The maximum absolute atomic E-state index is 10.5. The number of nitrogens with zero attached hydrogens (tertiary/aromatic N) is 2. The van der Waals surface area contributed by atoms with Crippen molar-refractivity contribution in [2.24, 2.45) is 0 Å². The van der Waals surface area contributed by atoms with Crippen LogP contribution in [0.1, 0.15) is 5.56 Å². The zero-order valence-electron chi connectivity index (χ0n) is 12.5. The predicted molar refractivity (Wildman–Crippen MR) is 89.9 cm³/mol. The topological polar surface area (TPSA) is 57.3 Å². The molecule has 0 saturated heterocycles. The number of rotatable bonds is 6. The van der Waals surface area contributed by atoms with Gasteiger partial charge in [0.05, 0.1) is 11.5 Å². The number of aromatic nitrogens is 1. The summed E-state index contributed by atoms with van der Waals surface area (Å²) in [4.78, 5) is 10.1. The van der Waals surface area contributed by atoms with E-state index in [0.29, 0.717) is 13.2 Å². The Hall–Kier alpha value is -3.08. The summed E-state index contributed by atoms with van der Waals surface area (Å²) in [5.74, 6) is 0.831. The molecule has 5 nitrogen and oxygen atoms in total. The molecule has 0 bridgehead atoms. The molecule has 0 radical (unpaired) electrons. The maximum Gasteiger partial charge on any atom is 0.235 e. The van der Waals surface area contributed by atoms with Crippen molar-refractivity contribution in [2.45, 2.75) is 6.54 Å². The van der Waals surface area contributed by atoms with Gasteiger partial charge in [0.2, 0.25) is 6.20 Å². The van der Waals surface area contributed by atoms with Crippen LogP contribution in [0.5, 0.6) is 5.75 Å². The first-order valence-corrected chi connectivity index (χ1v) is 7.31. The number of nitro groups is 1. The van der Waals surface area contributed by atoms with E-state index in [-0.39, 0.29) is 0 Å². The van der Waals surface area contributed by atoms with Crippen LogP contribution in [-0.2, 0) is 6.54 Å². The van der Waals surface area contributed by atoms with E-state index in [1.54, 1.807) is 0 Å². The average molecular weight is 308 g/mol. The Kier molecular flexibility index (Phi) is 4.38. The Morgan fingerprint density at radius 1 is 1.09 bits per heavy atom. The molecule has 0 amide bonds. The molecule has 0 aliphatic carbocycles. The van der Waals surface area contributed by atoms with Crippen molar-refractivity contribution in [1.29, 1.82) is 0 Å². The molecule has 0 fully saturated rings. The van der Waals surface area contributed by atoms with E-state index < -0.39 is 4.92 Å². The minimum absolute atomic E-state index is 0.454. The second-order valence-electron chi connectivity index (χ2n) is 5.06. The molecule has 0 aliphatic rings. The molecule has 0 spiro atoms. The van der Waals surface area contributed by atoms with Crippen LogP contribution in [0, 0.1) is 10.1 Å². The molecule has 1 heterocycles. The predicted octanol–water partition coefficient (Wildman–Crippen LogP) is 3.97. The first-order chi connectivity index (χ1) is 11.2. The van der Waals surface area contributed by atoms with E-state index in [1.165, 1.54) is 6.08 Å². The van der Waals surface area contributed by atoms with E-state index >= 15 is 0 Å². The summed E-state index contributed by atoms with van der Waals surface area (Å²) >= 11 is 0. The van der Waals surface area contributed by atoms with Gasteiger partial charge in [-0.15, -0.1) is 0 Å². The molecule has 116 valence electrons. The number of ether oxygens (including phenoxy) is 1. The van der Waals surface area contributed by atoms with Crippen LogP contribution in [0.15, 0.2) is 67.0 Å². The monoisotopic (exact) mass is 308 g/mol. The average Bonchev–Trinajstić information content (AvgIpc) is 2.92. The van der Waals surface area contributed by atoms with Gasteiger partial charge in [-0.05, 0) is 18.2 Å². The Labute approximate surface area is 133 Å². The molecule has 0 unspecified atom stereocenters. The van der Waals surface area contributed by atoms with Gasteiger partial charge in [-0.1, -0.05) is 36.4 Å². The Bertz CT molecular complexity index is 838. The number of fused-ring (bicyclic) bond motifs is 1. The van der Waals surface area contributed by atoms with Gasteiger partial charge < -0.3 is 9.30 Å². The lowest BCUT2D eigenvalue weighted by atomic mass is 10.2. The van der Waals surface area contributed by atoms with Gasteiger partial charge in [-0.25, -0.2) is 0 Å². The lowest BCUT2D eigenvalue weighted by Gasteiger charge is -2.08. The summed E-state index contributed by atoms with van der Waals surface area (Å²) in [5, 5.41) is 11.5. The molecule has 0 saturated carbocycles. The second-order valence-corrected chi connectivity index (χ2v) is 5.06. The standard InChI is InChI=1S/C18H16N2O3/c21-20(22)11-10-15-14-19(18-9-5-4-8-17(15)18)12-13-23-16-6-2-1-3-7-16/h1-11,14H,12-13H2/b11-10-. The highest BCUT2D eigenvalue weighted by Crippen LogP contribution is 2.22. The van der Waals surface area contributed by atoms with E-state index in [0.717, 1.165) is 28.4 Å². The van der Waals surface area contributed by atoms with Crippen LogP contribution in [0.4, 0.5) is 0 Å². The van der Waals surface area contributed by atoms with Gasteiger partial charge in [0, 0.05) is 28.7 Å². The molecule has 1 aromatic heterocycles. The molecule has 0 atom stereocenters. The number of benzene rings is 2. The third-order valence-corrected chi connectivity index (χ3v) is 3.54. The molecule has 2 aromatic carbocycles. The molecular formula is C18H16N2O3. The van der Waals surface area contributed by atoms with Gasteiger partial charge in [-0.3, -0.25) is 10.1 Å². The quantitative estimate of drug-likeness (QED) is 0.511. The Morgan fingerprint density at radius 3 is 2.61 bits per heavy atom. The molecule has 5 heteroatoms. The summed E-state index contributed by atoms with van der Waals surface area (Å²) in [6.07, 6.45) is 4.41. The van der Waals surface area contributed by atoms with E-state index in [4.69, 9.17) is 4.74 Å². The van der Waals surface area contributed by atoms with E-state index in [2.05, 4.69) is 4.57 Å². The third kappa shape index (κ3) is 3.58. The normalized spacial score (nSPS) is 11.1. The van der Waals surface area contributed by atoms with Crippen molar-refractivity contribution in [3.05, 3.63) is 82.7 Å². The molecule has 0 N–H and O–H groups in total. The summed E-state index contributed by atoms with van der Waals surface area (Å²) in [6.45, 7) is 1.20. The highest BCUT2D eigenvalue weighted by Gasteiger charge is 2.07. The minimum Gasteiger partial charge on any atom is -0.492 e. The van der Waals surface area contributed by atoms with Crippen molar-refractivity contribution in [2.75, 3.05) is 6.61 Å². The van der Waals surface area contributed by atoms with Crippen LogP contribution in [0.2, 0.25) is 0 Å². The fraction of sp³-hybridized carbons (Fsp3) is 0.111. The molecule has 3 rings (SSSR count). The summed E-state index contributed by atoms with van der Waals surface area (Å²) in [7, 11) is 0. The fourth-order valence-corrected chi connectivity index (χ4v) is 2.51. The van der Waals surface area contributed by atoms with Gasteiger partial charge in [0.1, 0.15) is 12.4 Å². The van der Waals surface area contributed by atoms with Crippen LogP contribution in [0.25, 0.3) is 17.0 Å². The SMILES string of the molecule is O=[N+]([O-])/C=C\c1cn(CCOc2ccccc2)c2ccccc12. The van der Waals surface area contributed by atoms with Crippen molar-refractivity contribution >= 4 is 17.0 Å². The zero-order valence-corrected chi connectivity index (χ0v) is 12.5. The van der Waals surface area contributed by atoms with E-state index in [9.17, 15) is 10.1 Å². The summed E-state index contributed by atoms with van der Waals surface area (Å²) in [6, 6.07) is 17.5. The number of para-hydroxylation sites is 2. The number of hydrogen-bond acceptors (Lipinski definition) is 3. The van der Waals surface area contributed by atoms with Crippen molar-refractivity contribution < 1.29 is 9.66 Å². The molecule has 3 aromatic rings. The van der Waals surface area contributed by atoms with Crippen molar-refractivity contribution in [3.63, 3.8) is 0 Å². The zero-order chi connectivity index (χ0) is 16.1. The third-order valence-electron chi connectivity index (χ3n) is 3.54. The van der Waals surface area contributed by atoms with Crippen LogP contribution in [-0.4, -0.2) is 16.1 Å². The first kappa shape index (κ1) is 14.8. The lowest BCUT2D eigenvalue weighted by Crippen LogP contribution is -2.07. The number of hydrogen-bond donors (Lipinski definition) is 0. The van der Waals surface area contributed by atoms with Crippen LogP contribution >= 0.6 is 0 Å². The van der Waals surface area contributed by atoms with Crippen molar-refractivity contribution in [3.8, 4) is 5.75 Å². The summed E-state index contributed by atoms with van der Waals surface area (Å²) in [5.41, 5.74) is 1.86. The molecule has 23 heavy (non-hydrogen) atoms. The highest BCUT2D eigenvalue weighted by atomic mass is 16.6. The van der Waals surface area contributed by atoms with Crippen LogP contribution in [0.3, 0.4) is 0 Å². The molecule has 0 aliphatic heterocycles. The highest BCUT2D eigenvalue weighted by molar-refractivity contribution is 5.89. The maximum atomic E-state index is 10.5. The van der Waals surface area contributed by atoms with E-state index in [1.807, 2.05) is 60.8 Å². The largest absolute Gasteiger partial charge is 0.492 e. The Morgan fingerprint density at radius 2 is 1.83 bits per heavy atom. The van der Waals surface area contributed by atoms with Gasteiger partial charge in [0.15, 0.2) is 0 Å². The summed E-state index contributed by atoms with van der Waals surface area (Å²) < 4.78 is 7.77. The minimum atomic E-state index is -0.454. The van der Waals surface area contributed by atoms with Gasteiger partial charge in [-0.2, -0.15) is 0 Å². The Balaban J connectivity index is 1.79. The molecular weight excluding hydrogens is 292 g/mol. The lowest BCUT2D eigenvalue weighted by molar-refractivity contribution is -0.400. The van der Waals surface area contributed by atoms with Gasteiger partial charge >= 0.3 is 0 Å². The van der Waals surface area contributed by atoms with Crippen LogP contribution < -0.4 is 4.74 Å². The van der Waals surface area contributed by atoms with Gasteiger partial charge in [0.25, 0.3) is 0 Å². The second kappa shape index (κ2) is 6.79. The smallest absolute Gasteiger partial charge is 0.235 e.